The predicted molar refractivity (Wildman–Crippen MR) is 57.3 cm³/mol. The molecule has 0 bridgehead atoms. The third-order valence-corrected chi connectivity index (χ3v) is 2.02. The van der Waals surface area contributed by atoms with E-state index in [1.165, 1.54) is 6.92 Å². The van der Waals surface area contributed by atoms with Gasteiger partial charge < -0.3 is 16.2 Å². The van der Waals surface area contributed by atoms with Gasteiger partial charge in [0.2, 0.25) is 0 Å². The number of carbonyl (C=O) groups excluding carboxylic acids is 1. The van der Waals surface area contributed by atoms with E-state index in [2.05, 4.69) is 11.9 Å². The summed E-state index contributed by atoms with van der Waals surface area (Å²) in [6.07, 6.45) is 1.93. The van der Waals surface area contributed by atoms with Crippen LogP contribution in [0.5, 0.6) is 0 Å². The van der Waals surface area contributed by atoms with Gasteiger partial charge in [-0.25, -0.2) is 0 Å². The first-order valence-corrected chi connectivity index (χ1v) is 4.87. The molecule has 0 fully saturated rings. The van der Waals surface area contributed by atoms with Gasteiger partial charge in [-0.3, -0.25) is 9.59 Å². The first-order chi connectivity index (χ1) is 6.95. The third kappa shape index (κ3) is 6.68. The van der Waals surface area contributed by atoms with E-state index >= 15 is 0 Å². The highest BCUT2D eigenvalue weighted by Crippen LogP contribution is 1.99. The van der Waals surface area contributed by atoms with Crippen LogP contribution in [-0.4, -0.2) is 29.4 Å². The van der Waals surface area contributed by atoms with Crippen molar-refractivity contribution < 1.29 is 14.7 Å². The standard InChI is InChI=1S/C10H18N2O3/c1-7(8(2)13)12-6-4-3-5-9(11)10(14)15/h9,12H,1,3-6,11H2,2H3,(H,14,15). The summed E-state index contributed by atoms with van der Waals surface area (Å²) in [4.78, 5) is 21.1. The van der Waals surface area contributed by atoms with Crippen molar-refractivity contribution in [3.8, 4) is 0 Å². The largest absolute Gasteiger partial charge is 0.480 e. The Kier molecular flexibility index (Phi) is 6.37. The van der Waals surface area contributed by atoms with E-state index < -0.39 is 12.0 Å². The number of carboxylic acids is 1. The number of carboxylic acid groups (broad SMARTS) is 1. The third-order valence-electron chi connectivity index (χ3n) is 2.02. The summed E-state index contributed by atoms with van der Waals surface area (Å²) in [6, 6.07) is -0.791. The lowest BCUT2D eigenvalue weighted by atomic mass is 10.1. The normalized spacial score (nSPS) is 11.9. The summed E-state index contributed by atoms with van der Waals surface area (Å²) in [7, 11) is 0. The zero-order valence-corrected chi connectivity index (χ0v) is 8.95. The van der Waals surface area contributed by atoms with Crippen molar-refractivity contribution in [2.75, 3.05) is 6.54 Å². The Bertz CT molecular complexity index is 251. The van der Waals surface area contributed by atoms with Crippen LogP contribution in [0.25, 0.3) is 0 Å². The zero-order valence-electron chi connectivity index (χ0n) is 8.95. The molecule has 4 N–H and O–H groups in total. The summed E-state index contributed by atoms with van der Waals surface area (Å²) in [6.45, 7) is 5.59. The molecule has 0 aromatic carbocycles. The molecule has 0 aromatic heterocycles. The lowest BCUT2D eigenvalue weighted by molar-refractivity contribution is -0.138. The second kappa shape index (κ2) is 7.00. The van der Waals surface area contributed by atoms with Crippen LogP contribution in [0, 0.1) is 0 Å². The molecule has 0 aliphatic carbocycles. The first-order valence-electron chi connectivity index (χ1n) is 4.87. The molecule has 0 aliphatic heterocycles. The lowest BCUT2D eigenvalue weighted by Crippen LogP contribution is -2.30. The van der Waals surface area contributed by atoms with Crippen LogP contribution < -0.4 is 11.1 Å². The number of nitrogens with one attached hydrogen (secondary N) is 1. The summed E-state index contributed by atoms with van der Waals surface area (Å²) in [5.74, 6) is -1.06. The molecular weight excluding hydrogens is 196 g/mol. The van der Waals surface area contributed by atoms with E-state index in [0.29, 0.717) is 25.1 Å². The number of nitrogens with two attached hydrogens (primary N) is 1. The summed E-state index contributed by atoms with van der Waals surface area (Å²) < 4.78 is 0. The summed E-state index contributed by atoms with van der Waals surface area (Å²) >= 11 is 0. The molecule has 0 aromatic rings. The molecule has 0 amide bonds. The van der Waals surface area contributed by atoms with Gasteiger partial charge in [-0.15, -0.1) is 0 Å². The first kappa shape index (κ1) is 13.6. The van der Waals surface area contributed by atoms with Gasteiger partial charge in [0.1, 0.15) is 6.04 Å². The molecule has 0 saturated carbocycles. The Labute approximate surface area is 89.3 Å². The number of Topliss-reactive ketones (excluding diaryl/α,β-unsaturated/α-hetero) is 1. The fourth-order valence-electron chi connectivity index (χ4n) is 0.976. The van der Waals surface area contributed by atoms with Gasteiger partial charge in [0.25, 0.3) is 0 Å². The Hall–Kier alpha value is -1.36. The molecule has 0 spiro atoms. The van der Waals surface area contributed by atoms with Crippen molar-refractivity contribution >= 4 is 11.8 Å². The Balaban J connectivity index is 3.44. The van der Waals surface area contributed by atoms with Gasteiger partial charge in [0.15, 0.2) is 5.78 Å². The Morgan fingerprint density at radius 2 is 2.07 bits per heavy atom. The minimum Gasteiger partial charge on any atom is -0.480 e. The van der Waals surface area contributed by atoms with E-state index in [1.54, 1.807) is 0 Å². The number of aliphatic carboxylic acids is 1. The van der Waals surface area contributed by atoms with Gasteiger partial charge in [-0.05, 0) is 19.3 Å². The maximum Gasteiger partial charge on any atom is 0.320 e. The maximum absolute atomic E-state index is 10.7. The average molecular weight is 214 g/mol. The number of allylic oxidation sites excluding steroid dienone is 1. The molecule has 5 nitrogen and oxygen atoms in total. The van der Waals surface area contributed by atoms with Crippen LogP contribution >= 0.6 is 0 Å². The van der Waals surface area contributed by atoms with Crippen molar-refractivity contribution in [3.63, 3.8) is 0 Å². The topological polar surface area (TPSA) is 92.4 Å². The maximum atomic E-state index is 10.7. The number of hydrogen-bond acceptors (Lipinski definition) is 4. The molecule has 1 atom stereocenters. The van der Waals surface area contributed by atoms with Crippen molar-refractivity contribution in [2.45, 2.75) is 32.2 Å². The van der Waals surface area contributed by atoms with E-state index in [4.69, 9.17) is 10.8 Å². The number of carbonyl (C=O) groups is 2. The highest BCUT2D eigenvalue weighted by Gasteiger charge is 2.09. The fourth-order valence-corrected chi connectivity index (χ4v) is 0.976. The van der Waals surface area contributed by atoms with Crippen molar-refractivity contribution in [1.29, 1.82) is 0 Å². The average Bonchev–Trinajstić information content (AvgIpc) is 2.16. The van der Waals surface area contributed by atoms with Crippen LogP contribution in [0.3, 0.4) is 0 Å². The molecule has 0 heterocycles. The minimum atomic E-state index is -0.976. The van der Waals surface area contributed by atoms with Crippen LogP contribution in [0.2, 0.25) is 0 Å². The second-order valence-electron chi connectivity index (χ2n) is 3.40. The molecular formula is C10H18N2O3. The van der Waals surface area contributed by atoms with Crippen LogP contribution in [0.15, 0.2) is 12.3 Å². The molecule has 5 heteroatoms. The summed E-state index contributed by atoms with van der Waals surface area (Å²) in [5.41, 5.74) is 5.70. The number of unbranched alkanes of at least 4 members (excludes halogenated alkanes) is 1. The smallest absolute Gasteiger partial charge is 0.320 e. The van der Waals surface area contributed by atoms with Gasteiger partial charge in [-0.1, -0.05) is 6.58 Å². The van der Waals surface area contributed by atoms with Crippen molar-refractivity contribution in [1.82, 2.24) is 5.32 Å². The molecule has 0 saturated heterocycles. The number of ketones is 1. The Morgan fingerprint density at radius 1 is 1.47 bits per heavy atom. The van der Waals surface area contributed by atoms with Crippen LogP contribution in [0.1, 0.15) is 26.2 Å². The monoisotopic (exact) mass is 214 g/mol. The van der Waals surface area contributed by atoms with Crippen LogP contribution in [0.4, 0.5) is 0 Å². The van der Waals surface area contributed by atoms with Crippen molar-refractivity contribution in [2.24, 2.45) is 5.73 Å². The molecule has 0 rings (SSSR count). The molecule has 0 radical (unpaired) electrons. The van der Waals surface area contributed by atoms with E-state index in [1.807, 2.05) is 0 Å². The van der Waals surface area contributed by atoms with Crippen LogP contribution in [-0.2, 0) is 9.59 Å². The van der Waals surface area contributed by atoms with Gasteiger partial charge in [-0.2, -0.15) is 0 Å². The molecule has 1 unspecified atom stereocenters. The van der Waals surface area contributed by atoms with E-state index in [-0.39, 0.29) is 5.78 Å². The molecule has 0 aliphatic rings. The number of rotatable bonds is 8. The minimum absolute atomic E-state index is 0.0859. The SMILES string of the molecule is C=C(NCCCCC(N)C(=O)O)C(C)=O. The quantitative estimate of drug-likeness (QED) is 0.398. The fraction of sp³-hybridized carbons (Fsp3) is 0.600. The second-order valence-corrected chi connectivity index (χ2v) is 3.40. The lowest BCUT2D eigenvalue weighted by Gasteiger charge is -2.07. The van der Waals surface area contributed by atoms with Crippen molar-refractivity contribution in [3.05, 3.63) is 12.3 Å². The molecule has 86 valence electrons. The van der Waals surface area contributed by atoms with Gasteiger partial charge in [0, 0.05) is 13.5 Å². The highest BCUT2D eigenvalue weighted by atomic mass is 16.4. The van der Waals surface area contributed by atoms with E-state index in [9.17, 15) is 9.59 Å². The Morgan fingerprint density at radius 3 is 2.53 bits per heavy atom. The highest BCUT2D eigenvalue weighted by molar-refractivity contribution is 5.91. The zero-order chi connectivity index (χ0) is 11.8. The van der Waals surface area contributed by atoms with E-state index in [0.717, 1.165) is 6.42 Å². The predicted octanol–water partition coefficient (Wildman–Crippen LogP) is 0.261. The van der Waals surface area contributed by atoms with Gasteiger partial charge in [0.05, 0.1) is 5.70 Å². The van der Waals surface area contributed by atoms with Gasteiger partial charge >= 0.3 is 5.97 Å². The molecule has 15 heavy (non-hydrogen) atoms. The number of hydrogen-bond donors (Lipinski definition) is 3. The summed E-state index contributed by atoms with van der Waals surface area (Å²) in [5, 5.41) is 11.4.